The van der Waals surface area contributed by atoms with Gasteiger partial charge in [0.25, 0.3) is 0 Å². The number of rotatable bonds is 0. The molecule has 0 aliphatic rings. The summed E-state index contributed by atoms with van der Waals surface area (Å²) in [5.74, 6) is 0. The molecule has 15 heavy (non-hydrogen) atoms. The van der Waals surface area contributed by atoms with Gasteiger partial charge in [0.1, 0.15) is 0 Å². The Balaban J connectivity index is 0.000000151. The molecule has 0 spiro atoms. The first-order valence-electron chi connectivity index (χ1n) is 4.69. The van der Waals surface area contributed by atoms with Crippen LogP contribution in [0.5, 0.6) is 0 Å². The van der Waals surface area contributed by atoms with Gasteiger partial charge in [0.15, 0.2) is 0 Å². The summed E-state index contributed by atoms with van der Waals surface area (Å²) in [6, 6.07) is 8.22. The second-order valence-corrected chi connectivity index (χ2v) is 5.28. The van der Waals surface area contributed by atoms with Crippen LogP contribution in [0.3, 0.4) is 0 Å². The maximum Gasteiger partial charge on any atom is 0.0897 e. The highest BCUT2D eigenvalue weighted by molar-refractivity contribution is 9.10. The van der Waals surface area contributed by atoms with Crippen LogP contribution in [0.2, 0.25) is 0 Å². The molecule has 0 fully saturated rings. The van der Waals surface area contributed by atoms with E-state index in [0.29, 0.717) is 0 Å². The van der Waals surface area contributed by atoms with Gasteiger partial charge in [-0.25, -0.2) is 4.98 Å². The molecule has 2 rings (SSSR count). The first kappa shape index (κ1) is 12.4. The van der Waals surface area contributed by atoms with E-state index in [0.717, 1.165) is 15.2 Å². The van der Waals surface area contributed by atoms with Crippen molar-refractivity contribution in [1.82, 2.24) is 4.98 Å². The summed E-state index contributed by atoms with van der Waals surface area (Å²) in [5, 5.41) is 3.20. The fourth-order valence-electron chi connectivity index (χ4n) is 1.00. The number of aryl methyl sites for hydroxylation is 3. The molecule has 0 atom stereocenters. The van der Waals surface area contributed by atoms with Gasteiger partial charge in [-0.15, -0.1) is 11.3 Å². The first-order valence-corrected chi connectivity index (χ1v) is 6.36. The largest absolute Gasteiger partial charge is 0.247 e. The van der Waals surface area contributed by atoms with Crippen molar-refractivity contribution < 1.29 is 0 Å². The van der Waals surface area contributed by atoms with Crippen LogP contribution in [0.1, 0.15) is 16.3 Å². The topological polar surface area (TPSA) is 12.9 Å². The van der Waals surface area contributed by atoms with E-state index >= 15 is 0 Å². The Hall–Kier alpha value is -0.670. The van der Waals surface area contributed by atoms with E-state index in [1.54, 1.807) is 11.3 Å². The Morgan fingerprint density at radius 1 is 1.07 bits per heavy atom. The van der Waals surface area contributed by atoms with Crippen LogP contribution in [0, 0.1) is 20.8 Å². The molecule has 0 aliphatic heterocycles. The molecule has 0 saturated heterocycles. The van der Waals surface area contributed by atoms with E-state index in [4.69, 9.17) is 0 Å². The zero-order chi connectivity index (χ0) is 11.3. The predicted molar refractivity (Wildman–Crippen MR) is 70.5 cm³/mol. The Morgan fingerprint density at radius 2 is 1.67 bits per heavy atom. The van der Waals surface area contributed by atoms with Crippen molar-refractivity contribution in [2.75, 3.05) is 0 Å². The van der Waals surface area contributed by atoms with E-state index in [-0.39, 0.29) is 0 Å². The van der Waals surface area contributed by atoms with Crippen molar-refractivity contribution in [2.45, 2.75) is 20.8 Å². The second-order valence-electron chi connectivity index (χ2n) is 3.30. The molecule has 3 heteroatoms. The first-order chi connectivity index (χ1) is 7.08. The van der Waals surface area contributed by atoms with Gasteiger partial charge < -0.3 is 0 Å². The molecule has 0 saturated carbocycles. The molecule has 0 unspecified atom stereocenters. The Morgan fingerprint density at radius 3 is 1.93 bits per heavy atom. The van der Waals surface area contributed by atoms with Crippen LogP contribution in [0.4, 0.5) is 0 Å². The third-order valence-corrected chi connectivity index (χ3v) is 3.16. The van der Waals surface area contributed by atoms with Crippen molar-refractivity contribution >= 4 is 27.3 Å². The minimum Gasteiger partial charge on any atom is -0.247 e. The lowest BCUT2D eigenvalue weighted by molar-refractivity contribution is 1.20. The van der Waals surface area contributed by atoms with E-state index in [1.807, 2.05) is 26.0 Å². The molecule has 1 heterocycles. The third-order valence-electron chi connectivity index (χ3n) is 1.74. The maximum atomic E-state index is 4.13. The van der Waals surface area contributed by atoms with Gasteiger partial charge in [-0.1, -0.05) is 33.6 Å². The summed E-state index contributed by atoms with van der Waals surface area (Å²) in [4.78, 5) is 4.13. The van der Waals surface area contributed by atoms with Gasteiger partial charge in [-0.05, 0) is 32.9 Å². The molecular weight excluding hydrogens is 270 g/mol. The highest BCUT2D eigenvalue weighted by Gasteiger charge is 1.86. The van der Waals surface area contributed by atoms with E-state index in [9.17, 15) is 0 Å². The van der Waals surface area contributed by atoms with Crippen LogP contribution >= 0.6 is 27.3 Å². The second kappa shape index (κ2) is 6.03. The van der Waals surface area contributed by atoms with Gasteiger partial charge >= 0.3 is 0 Å². The van der Waals surface area contributed by atoms with E-state index < -0.39 is 0 Å². The summed E-state index contributed by atoms with van der Waals surface area (Å²) in [7, 11) is 0. The van der Waals surface area contributed by atoms with Gasteiger partial charge in [-0.3, -0.25) is 0 Å². The minimum atomic E-state index is 1.13. The summed E-state index contributed by atoms with van der Waals surface area (Å²) < 4.78 is 1.14. The number of nitrogens with zero attached hydrogens (tertiary/aromatic N) is 1. The molecule has 1 aromatic carbocycles. The highest BCUT2D eigenvalue weighted by atomic mass is 79.9. The van der Waals surface area contributed by atoms with Crippen molar-refractivity contribution in [3.63, 3.8) is 0 Å². The molecule has 0 aliphatic carbocycles. The number of hydrogen-bond donors (Lipinski definition) is 0. The van der Waals surface area contributed by atoms with Gasteiger partial charge in [0.2, 0.25) is 0 Å². The molecular formula is C12H14BrNS. The quantitative estimate of drug-likeness (QED) is 0.693. The summed E-state index contributed by atoms with van der Waals surface area (Å²) in [5.41, 5.74) is 2.43. The van der Waals surface area contributed by atoms with Crippen LogP contribution in [0.25, 0.3) is 0 Å². The minimum absolute atomic E-state index is 1.13. The van der Waals surface area contributed by atoms with Crippen LogP contribution in [0.15, 0.2) is 34.1 Å². The standard InChI is InChI=1S/C7H7Br.C5H7NS/c1-6-2-4-7(8)5-3-6;1-4-3-7-5(2)6-4/h2-5H,1H3;3H,1-2H3. The Bertz CT molecular complexity index is 368. The van der Waals surface area contributed by atoms with Gasteiger partial charge in [0.05, 0.1) is 5.01 Å². The fourth-order valence-corrected chi connectivity index (χ4v) is 1.86. The van der Waals surface area contributed by atoms with Crippen LogP contribution in [-0.2, 0) is 0 Å². The zero-order valence-corrected chi connectivity index (χ0v) is 11.5. The molecule has 0 radical (unpaired) electrons. The predicted octanol–water partition coefficient (Wildman–Crippen LogP) is 4.52. The van der Waals surface area contributed by atoms with E-state index in [2.05, 4.69) is 45.4 Å². The monoisotopic (exact) mass is 283 g/mol. The average molecular weight is 284 g/mol. The van der Waals surface area contributed by atoms with Crippen molar-refractivity contribution in [3.05, 3.63) is 50.4 Å². The lowest BCUT2D eigenvalue weighted by atomic mass is 10.2. The summed E-state index contributed by atoms with van der Waals surface area (Å²) >= 11 is 5.04. The fraction of sp³-hybridized carbons (Fsp3) is 0.250. The third kappa shape index (κ3) is 5.09. The van der Waals surface area contributed by atoms with Gasteiger partial charge in [-0.2, -0.15) is 0 Å². The Labute approximate surface area is 103 Å². The average Bonchev–Trinajstić information content (AvgIpc) is 2.56. The van der Waals surface area contributed by atoms with Crippen LogP contribution < -0.4 is 0 Å². The van der Waals surface area contributed by atoms with Crippen molar-refractivity contribution in [3.8, 4) is 0 Å². The van der Waals surface area contributed by atoms with Crippen molar-refractivity contribution in [2.24, 2.45) is 0 Å². The number of thiazole rings is 1. The number of hydrogen-bond acceptors (Lipinski definition) is 2. The lowest BCUT2D eigenvalue weighted by Crippen LogP contribution is -1.67. The molecule has 0 amide bonds. The van der Waals surface area contributed by atoms with Crippen LogP contribution in [-0.4, -0.2) is 4.98 Å². The SMILES string of the molecule is Cc1ccc(Br)cc1.Cc1csc(C)n1. The molecule has 80 valence electrons. The number of aromatic nitrogens is 1. The maximum absolute atomic E-state index is 4.13. The molecule has 1 aromatic heterocycles. The molecule has 0 bridgehead atoms. The number of halogens is 1. The lowest BCUT2D eigenvalue weighted by Gasteiger charge is -1.88. The van der Waals surface area contributed by atoms with Crippen molar-refractivity contribution in [1.29, 1.82) is 0 Å². The zero-order valence-electron chi connectivity index (χ0n) is 9.12. The summed E-state index contributed by atoms with van der Waals surface area (Å²) in [6.07, 6.45) is 0. The highest BCUT2D eigenvalue weighted by Crippen LogP contribution is 2.08. The smallest absolute Gasteiger partial charge is 0.0897 e. The summed E-state index contributed by atoms with van der Waals surface area (Å²) in [6.45, 7) is 6.09. The normalized spacial score (nSPS) is 9.33. The molecule has 1 nitrogen and oxygen atoms in total. The molecule has 0 N–H and O–H groups in total. The van der Waals surface area contributed by atoms with E-state index in [1.165, 1.54) is 5.56 Å². The Kier molecular flexibility index (Phi) is 4.99. The number of benzene rings is 1. The molecule has 2 aromatic rings. The van der Waals surface area contributed by atoms with Gasteiger partial charge in [0, 0.05) is 15.5 Å².